The largest absolute Gasteiger partial charge is 0.460 e. The first-order valence-corrected chi connectivity index (χ1v) is 10.6. The van der Waals surface area contributed by atoms with E-state index in [1.807, 2.05) is 54.6 Å². The Labute approximate surface area is 183 Å². The van der Waals surface area contributed by atoms with Gasteiger partial charge in [-0.05, 0) is 31.5 Å². The highest BCUT2D eigenvalue weighted by molar-refractivity contribution is 6.22. The smallest absolute Gasteiger partial charge is 0.344 e. The molecule has 0 fully saturated rings. The number of ketones is 1. The van der Waals surface area contributed by atoms with Crippen molar-refractivity contribution >= 4 is 23.1 Å². The Morgan fingerprint density at radius 1 is 0.938 bits per heavy atom. The van der Waals surface area contributed by atoms with Crippen molar-refractivity contribution < 1.29 is 18.7 Å². The number of para-hydroxylation sites is 2. The van der Waals surface area contributed by atoms with Gasteiger partial charge in [-0.1, -0.05) is 36.4 Å². The molecule has 0 saturated carbocycles. The van der Waals surface area contributed by atoms with Gasteiger partial charge in [0, 0.05) is 30.2 Å². The monoisotopic (exact) mass is 425 g/mol. The Morgan fingerprint density at radius 2 is 1.69 bits per heavy atom. The van der Waals surface area contributed by atoms with Gasteiger partial charge >= 0.3 is 5.63 Å². The van der Waals surface area contributed by atoms with Crippen molar-refractivity contribution in [2.45, 2.75) is 31.6 Å². The molecule has 1 spiro atoms. The number of Topliss-reactive ketones (excluding diaryl/α,β-unsaturated/α-hetero) is 1. The lowest BCUT2D eigenvalue weighted by Crippen LogP contribution is -2.49. The summed E-state index contributed by atoms with van der Waals surface area (Å²) < 4.78 is 11.5. The second kappa shape index (κ2) is 6.53. The van der Waals surface area contributed by atoms with E-state index in [-0.39, 0.29) is 28.6 Å². The first-order valence-electron chi connectivity index (χ1n) is 10.6. The number of hydrogen-bond acceptors (Lipinski definition) is 5. The van der Waals surface area contributed by atoms with Gasteiger partial charge in [-0.3, -0.25) is 14.5 Å². The van der Waals surface area contributed by atoms with E-state index >= 15 is 0 Å². The van der Waals surface area contributed by atoms with Crippen LogP contribution in [0, 0.1) is 6.92 Å². The number of anilines is 2. The highest BCUT2D eigenvalue weighted by Gasteiger charge is 2.62. The molecule has 6 nitrogen and oxygen atoms in total. The lowest BCUT2D eigenvalue weighted by Gasteiger charge is -2.38. The molecular weight excluding hydrogens is 406 g/mol. The van der Waals surface area contributed by atoms with E-state index in [0.717, 1.165) is 0 Å². The number of benzene rings is 2. The fourth-order valence-electron chi connectivity index (χ4n) is 5.29. The maximum atomic E-state index is 14.4. The number of rotatable bonds is 1. The van der Waals surface area contributed by atoms with Crippen molar-refractivity contribution in [3.8, 4) is 5.75 Å². The molecule has 2 aliphatic heterocycles. The zero-order valence-electron chi connectivity index (χ0n) is 17.4. The van der Waals surface area contributed by atoms with Crippen LogP contribution in [0.25, 0.3) is 0 Å². The number of nitrogens with zero attached hydrogens (tertiary/aromatic N) is 1. The number of carbonyl (C=O) groups excluding carboxylic acids is 2. The Kier molecular flexibility index (Phi) is 3.84. The third-order valence-electron chi connectivity index (χ3n) is 6.47. The highest BCUT2D eigenvalue weighted by Crippen LogP contribution is 2.57. The van der Waals surface area contributed by atoms with Gasteiger partial charge in [0.05, 0.1) is 11.3 Å². The molecule has 3 heterocycles. The van der Waals surface area contributed by atoms with E-state index in [4.69, 9.17) is 9.15 Å². The maximum Gasteiger partial charge on any atom is 0.344 e. The van der Waals surface area contributed by atoms with E-state index in [2.05, 4.69) is 0 Å². The molecule has 6 rings (SSSR count). The number of amides is 1. The quantitative estimate of drug-likeness (QED) is 0.581. The van der Waals surface area contributed by atoms with Crippen molar-refractivity contribution in [2.75, 3.05) is 4.90 Å². The van der Waals surface area contributed by atoms with E-state index in [9.17, 15) is 14.4 Å². The summed E-state index contributed by atoms with van der Waals surface area (Å²) in [6, 6.07) is 18.2. The van der Waals surface area contributed by atoms with Crippen LogP contribution in [0.2, 0.25) is 0 Å². The molecule has 1 aliphatic carbocycles. The summed E-state index contributed by atoms with van der Waals surface area (Å²) in [5.41, 5.74) is -0.0173. The van der Waals surface area contributed by atoms with E-state index in [1.54, 1.807) is 17.9 Å². The predicted molar refractivity (Wildman–Crippen MR) is 117 cm³/mol. The second-order valence-corrected chi connectivity index (χ2v) is 8.30. The van der Waals surface area contributed by atoms with Gasteiger partial charge in [0.2, 0.25) is 0 Å². The minimum absolute atomic E-state index is 0.0768. The average molecular weight is 425 g/mol. The zero-order valence-corrected chi connectivity index (χ0v) is 17.4. The average Bonchev–Trinajstić information content (AvgIpc) is 3.03. The number of ether oxygens (including phenoxy) is 1. The Hall–Kier alpha value is -3.93. The summed E-state index contributed by atoms with van der Waals surface area (Å²) >= 11 is 0. The number of fused-ring (bicyclic) bond motifs is 5. The number of allylic oxidation sites excluding steroid dienone is 1. The van der Waals surface area contributed by atoms with Crippen molar-refractivity contribution in [1.29, 1.82) is 0 Å². The van der Waals surface area contributed by atoms with Crippen molar-refractivity contribution in [2.24, 2.45) is 0 Å². The molecular formula is C26H19NO5. The molecule has 0 N–H and O–H groups in total. The summed E-state index contributed by atoms with van der Waals surface area (Å²) in [6.07, 6.45) is 1.47. The van der Waals surface area contributed by atoms with Crippen LogP contribution >= 0.6 is 0 Å². The zero-order chi connectivity index (χ0) is 22.0. The molecule has 0 saturated heterocycles. The molecule has 3 aliphatic rings. The van der Waals surface area contributed by atoms with Gasteiger partial charge in [-0.15, -0.1) is 0 Å². The van der Waals surface area contributed by atoms with E-state index in [0.29, 0.717) is 47.7 Å². The fraction of sp³-hybridized carbons (Fsp3) is 0.192. The molecule has 158 valence electrons. The van der Waals surface area contributed by atoms with Crippen LogP contribution in [0.5, 0.6) is 5.75 Å². The summed E-state index contributed by atoms with van der Waals surface area (Å²) in [4.78, 5) is 42.6. The first-order chi connectivity index (χ1) is 15.5. The van der Waals surface area contributed by atoms with E-state index in [1.165, 1.54) is 0 Å². The summed E-state index contributed by atoms with van der Waals surface area (Å²) in [5, 5.41) is 0. The van der Waals surface area contributed by atoms with Gasteiger partial charge in [-0.2, -0.15) is 0 Å². The molecule has 32 heavy (non-hydrogen) atoms. The molecule has 1 atom stereocenters. The lowest BCUT2D eigenvalue weighted by atomic mass is 9.65. The molecule has 2 aromatic carbocycles. The summed E-state index contributed by atoms with van der Waals surface area (Å²) in [7, 11) is 0. The third kappa shape index (κ3) is 2.26. The van der Waals surface area contributed by atoms with Crippen LogP contribution in [0.1, 0.15) is 36.1 Å². The van der Waals surface area contributed by atoms with Crippen molar-refractivity contribution in [1.82, 2.24) is 0 Å². The van der Waals surface area contributed by atoms with Gasteiger partial charge in [0.25, 0.3) is 5.91 Å². The van der Waals surface area contributed by atoms with Gasteiger partial charge in [-0.25, -0.2) is 4.79 Å². The van der Waals surface area contributed by atoms with Crippen LogP contribution < -0.4 is 15.3 Å². The van der Waals surface area contributed by atoms with Crippen molar-refractivity contribution in [3.63, 3.8) is 0 Å². The summed E-state index contributed by atoms with van der Waals surface area (Å²) in [5.74, 6) is 0.596. The Balaban J connectivity index is 1.77. The normalized spacial score (nSPS) is 21.3. The standard InChI is InChI=1S/C26H19NO5/c1-15-14-21-23(24(29)31-15)26(22-19(28)12-7-13-20(22)32-21)17-10-5-6-11-18(17)27(25(26)30)16-8-3-2-4-9-16/h2-6,8-11,14H,7,12-13H2,1H3/t26-/m0/s1. The van der Waals surface area contributed by atoms with Crippen LogP contribution in [-0.2, 0) is 15.0 Å². The Morgan fingerprint density at radius 3 is 2.50 bits per heavy atom. The van der Waals surface area contributed by atoms with Crippen LogP contribution in [-0.4, -0.2) is 11.7 Å². The molecule has 6 heteroatoms. The lowest BCUT2D eigenvalue weighted by molar-refractivity contribution is -0.124. The minimum Gasteiger partial charge on any atom is -0.460 e. The van der Waals surface area contributed by atoms with Crippen LogP contribution in [0.4, 0.5) is 11.4 Å². The van der Waals surface area contributed by atoms with Gasteiger partial charge in [0.15, 0.2) is 5.78 Å². The minimum atomic E-state index is -1.60. The molecule has 0 unspecified atom stereocenters. The topological polar surface area (TPSA) is 76.8 Å². The van der Waals surface area contributed by atoms with Crippen LogP contribution in [0.15, 0.2) is 81.2 Å². The van der Waals surface area contributed by atoms with Crippen molar-refractivity contribution in [3.05, 3.63) is 99.3 Å². The predicted octanol–water partition coefficient (Wildman–Crippen LogP) is 4.31. The van der Waals surface area contributed by atoms with Crippen LogP contribution in [0.3, 0.4) is 0 Å². The molecule has 1 aromatic heterocycles. The molecule has 1 amide bonds. The Bertz CT molecular complexity index is 1400. The summed E-state index contributed by atoms with van der Waals surface area (Å²) in [6.45, 7) is 1.66. The third-order valence-corrected chi connectivity index (χ3v) is 6.47. The molecule has 3 aromatic rings. The number of hydrogen-bond donors (Lipinski definition) is 0. The number of carbonyl (C=O) groups is 2. The SMILES string of the molecule is Cc1cc2c(c(=O)o1)[C@@]1(C(=O)N(c3ccccc3)c3ccccc31)C1=C(CCCC1=O)O2. The second-order valence-electron chi connectivity index (χ2n) is 8.30. The first kappa shape index (κ1) is 18.8. The molecule has 0 radical (unpaired) electrons. The fourth-order valence-corrected chi connectivity index (χ4v) is 5.29. The highest BCUT2D eigenvalue weighted by atomic mass is 16.5. The van der Waals surface area contributed by atoms with Gasteiger partial charge < -0.3 is 9.15 Å². The van der Waals surface area contributed by atoms with Gasteiger partial charge in [0.1, 0.15) is 28.2 Å². The maximum absolute atomic E-state index is 14.4. The molecule has 0 bridgehead atoms. The van der Waals surface area contributed by atoms with E-state index < -0.39 is 11.0 Å². The number of aryl methyl sites for hydroxylation is 1.